The van der Waals surface area contributed by atoms with Crippen molar-refractivity contribution in [2.24, 2.45) is 5.92 Å². The van der Waals surface area contributed by atoms with Crippen LogP contribution in [0, 0.1) is 5.92 Å². The first-order valence-corrected chi connectivity index (χ1v) is 6.36. The first-order valence-electron chi connectivity index (χ1n) is 5.11. The minimum absolute atomic E-state index is 0.262. The van der Waals surface area contributed by atoms with Crippen LogP contribution in [0.3, 0.4) is 0 Å². The molecule has 1 aliphatic heterocycles. The lowest BCUT2D eigenvalue weighted by molar-refractivity contribution is -0.00173. The van der Waals surface area contributed by atoms with E-state index in [-0.39, 0.29) is 6.10 Å². The lowest BCUT2D eigenvalue weighted by Crippen LogP contribution is -2.24. The van der Waals surface area contributed by atoms with E-state index in [1.54, 1.807) is 0 Å². The average Bonchev–Trinajstić information content (AvgIpc) is 2.51. The Balaban J connectivity index is 1.93. The van der Waals surface area contributed by atoms with Gasteiger partial charge in [0.25, 0.3) is 0 Å². The van der Waals surface area contributed by atoms with Crippen molar-refractivity contribution < 1.29 is 14.2 Å². The largest absolute Gasteiger partial charge is 0.379 e. The van der Waals surface area contributed by atoms with Gasteiger partial charge in [0.05, 0.1) is 36.5 Å². The van der Waals surface area contributed by atoms with Crippen molar-refractivity contribution in [1.82, 2.24) is 0 Å². The summed E-state index contributed by atoms with van der Waals surface area (Å²) in [7, 11) is 0. The molecule has 1 fully saturated rings. The second-order valence-electron chi connectivity index (χ2n) is 3.93. The molecule has 0 aromatic rings. The Morgan fingerprint density at radius 1 is 1.36 bits per heavy atom. The van der Waals surface area contributed by atoms with Gasteiger partial charge in [-0.15, -0.1) is 0 Å². The van der Waals surface area contributed by atoms with Crippen LogP contribution in [-0.2, 0) is 14.2 Å². The van der Waals surface area contributed by atoms with Gasteiger partial charge in [0.2, 0.25) is 0 Å². The van der Waals surface area contributed by atoms with Gasteiger partial charge < -0.3 is 14.2 Å². The Hall–Kier alpha value is 0.610. The second-order valence-corrected chi connectivity index (χ2v) is 5.53. The van der Waals surface area contributed by atoms with Crippen molar-refractivity contribution in [3.63, 3.8) is 0 Å². The fraction of sp³-hybridized carbons (Fsp3) is 1.00. The summed E-state index contributed by atoms with van der Waals surface area (Å²) >= 11 is 2.37. The third kappa shape index (κ3) is 4.91. The molecule has 0 spiro atoms. The Kier molecular flexibility index (Phi) is 6.32. The fourth-order valence-electron chi connectivity index (χ4n) is 1.24. The quantitative estimate of drug-likeness (QED) is 0.426. The van der Waals surface area contributed by atoms with Gasteiger partial charge in [-0.3, -0.25) is 0 Å². The molecule has 3 nitrogen and oxygen atoms in total. The van der Waals surface area contributed by atoms with Gasteiger partial charge in [0, 0.05) is 6.61 Å². The monoisotopic (exact) mass is 314 g/mol. The molecule has 1 aliphatic rings. The van der Waals surface area contributed by atoms with E-state index in [0.717, 1.165) is 19.8 Å². The van der Waals surface area contributed by atoms with E-state index >= 15 is 0 Å². The fourth-order valence-corrected chi connectivity index (χ4v) is 1.91. The van der Waals surface area contributed by atoms with Gasteiger partial charge in [-0.05, 0) is 5.92 Å². The summed E-state index contributed by atoms with van der Waals surface area (Å²) < 4.78 is 16.9. The first kappa shape index (κ1) is 12.7. The van der Waals surface area contributed by atoms with E-state index in [1.165, 1.54) is 0 Å². The van der Waals surface area contributed by atoms with Gasteiger partial charge in [-0.1, -0.05) is 36.4 Å². The number of hydrogen-bond acceptors (Lipinski definition) is 3. The summed E-state index contributed by atoms with van der Waals surface area (Å²) in [5, 5.41) is 0. The molecule has 1 heterocycles. The normalized spacial score (nSPS) is 27.4. The van der Waals surface area contributed by atoms with Gasteiger partial charge in [-0.2, -0.15) is 0 Å². The minimum Gasteiger partial charge on any atom is -0.379 e. The molecule has 0 aliphatic carbocycles. The standard InChI is InChI=1S/C10H19IO3/c1-8(2)5-12-3-4-14-10-7-13-6-9(10)11/h8-10H,3-7H2,1-2H3. The van der Waals surface area contributed by atoms with Crippen LogP contribution in [0.15, 0.2) is 0 Å². The van der Waals surface area contributed by atoms with Crippen molar-refractivity contribution in [1.29, 1.82) is 0 Å². The van der Waals surface area contributed by atoms with Crippen LogP contribution in [-0.4, -0.2) is 43.1 Å². The van der Waals surface area contributed by atoms with Crippen molar-refractivity contribution in [3.05, 3.63) is 0 Å². The van der Waals surface area contributed by atoms with E-state index in [9.17, 15) is 0 Å². The number of halogens is 1. The van der Waals surface area contributed by atoms with Crippen molar-refractivity contribution in [2.45, 2.75) is 23.9 Å². The predicted octanol–water partition coefficient (Wildman–Crippen LogP) is 1.88. The zero-order valence-corrected chi connectivity index (χ0v) is 11.0. The Bertz CT molecular complexity index is 152. The molecule has 0 aromatic heterocycles. The predicted molar refractivity (Wildman–Crippen MR) is 64.0 cm³/mol. The van der Waals surface area contributed by atoms with Crippen LogP contribution in [0.1, 0.15) is 13.8 Å². The highest BCUT2D eigenvalue weighted by Crippen LogP contribution is 2.17. The van der Waals surface area contributed by atoms with Gasteiger partial charge >= 0.3 is 0 Å². The van der Waals surface area contributed by atoms with E-state index in [1.807, 2.05) is 0 Å². The Morgan fingerprint density at radius 2 is 2.14 bits per heavy atom. The molecule has 2 unspecified atom stereocenters. The van der Waals surface area contributed by atoms with Crippen LogP contribution in [0.25, 0.3) is 0 Å². The highest BCUT2D eigenvalue weighted by molar-refractivity contribution is 14.1. The summed E-state index contributed by atoms with van der Waals surface area (Å²) in [6.07, 6.45) is 0.262. The van der Waals surface area contributed by atoms with Gasteiger partial charge in [0.1, 0.15) is 0 Å². The lowest BCUT2D eigenvalue weighted by atomic mass is 10.2. The summed E-state index contributed by atoms with van der Waals surface area (Å²) in [5.41, 5.74) is 0. The molecule has 1 saturated heterocycles. The first-order chi connectivity index (χ1) is 6.70. The lowest BCUT2D eigenvalue weighted by Gasteiger charge is -2.13. The number of hydrogen-bond donors (Lipinski definition) is 0. The summed E-state index contributed by atoms with van der Waals surface area (Å²) in [5.74, 6) is 0.599. The molecule has 0 N–H and O–H groups in total. The maximum absolute atomic E-state index is 5.64. The molecular weight excluding hydrogens is 295 g/mol. The van der Waals surface area contributed by atoms with Crippen molar-refractivity contribution in [3.8, 4) is 0 Å². The third-order valence-electron chi connectivity index (χ3n) is 1.97. The zero-order valence-electron chi connectivity index (χ0n) is 8.87. The van der Waals surface area contributed by atoms with Crippen LogP contribution in [0.4, 0.5) is 0 Å². The molecular formula is C10H19IO3. The van der Waals surface area contributed by atoms with Crippen molar-refractivity contribution in [2.75, 3.05) is 33.0 Å². The Morgan fingerprint density at radius 3 is 2.71 bits per heavy atom. The molecule has 14 heavy (non-hydrogen) atoms. The second kappa shape index (κ2) is 6.98. The molecule has 1 rings (SSSR count). The van der Waals surface area contributed by atoms with Gasteiger partial charge in [0.15, 0.2) is 0 Å². The van der Waals surface area contributed by atoms with E-state index in [4.69, 9.17) is 14.2 Å². The molecule has 0 saturated carbocycles. The number of rotatable bonds is 6. The highest BCUT2D eigenvalue weighted by Gasteiger charge is 2.26. The number of ether oxygens (including phenoxy) is 3. The van der Waals surface area contributed by atoms with Gasteiger partial charge in [-0.25, -0.2) is 0 Å². The summed E-state index contributed by atoms with van der Waals surface area (Å²) in [4.78, 5) is 0. The molecule has 84 valence electrons. The molecule has 2 atom stereocenters. The average molecular weight is 314 g/mol. The van der Waals surface area contributed by atoms with Crippen LogP contribution in [0.5, 0.6) is 0 Å². The molecule has 0 amide bonds. The topological polar surface area (TPSA) is 27.7 Å². The molecule has 4 heteroatoms. The molecule has 0 bridgehead atoms. The van der Waals surface area contributed by atoms with Crippen LogP contribution < -0.4 is 0 Å². The summed E-state index contributed by atoms with van der Waals surface area (Å²) in [6, 6.07) is 0. The third-order valence-corrected chi connectivity index (χ3v) is 3.14. The highest BCUT2D eigenvalue weighted by atomic mass is 127. The summed E-state index contributed by atoms with van der Waals surface area (Å²) in [6.45, 7) is 8.03. The smallest absolute Gasteiger partial charge is 0.0949 e. The van der Waals surface area contributed by atoms with Crippen LogP contribution >= 0.6 is 22.6 Å². The minimum atomic E-state index is 0.262. The van der Waals surface area contributed by atoms with Crippen molar-refractivity contribution >= 4 is 22.6 Å². The molecule has 0 aromatic carbocycles. The van der Waals surface area contributed by atoms with E-state index in [2.05, 4.69) is 36.4 Å². The maximum Gasteiger partial charge on any atom is 0.0949 e. The maximum atomic E-state index is 5.64. The van der Waals surface area contributed by atoms with E-state index in [0.29, 0.717) is 23.1 Å². The Labute approximate surface area is 99.6 Å². The SMILES string of the molecule is CC(C)COCCOC1COCC1I. The molecule has 0 radical (unpaired) electrons. The van der Waals surface area contributed by atoms with Crippen LogP contribution in [0.2, 0.25) is 0 Å². The van der Waals surface area contributed by atoms with E-state index < -0.39 is 0 Å². The number of alkyl halides is 1. The zero-order chi connectivity index (χ0) is 10.4.